The molecule has 2 rings (SSSR count). The van der Waals surface area contributed by atoms with Gasteiger partial charge in [-0.15, -0.1) is 0 Å². The summed E-state index contributed by atoms with van der Waals surface area (Å²) in [4.78, 5) is 15.4. The standard InChI is InChI=1S/C15H16N2O3/c1-10-3-6-14(13(16)7-10)20-9-12-5-4-11(8-17-12)15(18)19-2/h3-8H,9,16H2,1-2H3. The highest BCUT2D eigenvalue weighted by atomic mass is 16.5. The molecule has 20 heavy (non-hydrogen) atoms. The lowest BCUT2D eigenvalue weighted by Gasteiger charge is -2.09. The van der Waals surface area contributed by atoms with Crippen molar-refractivity contribution in [2.45, 2.75) is 13.5 Å². The second-order valence-electron chi connectivity index (χ2n) is 4.36. The Balaban J connectivity index is 2.02. The normalized spacial score (nSPS) is 10.1. The highest BCUT2D eigenvalue weighted by Crippen LogP contribution is 2.22. The number of ether oxygens (including phenoxy) is 2. The minimum atomic E-state index is -0.409. The largest absolute Gasteiger partial charge is 0.485 e. The molecule has 0 spiro atoms. The van der Waals surface area contributed by atoms with Gasteiger partial charge in [-0.25, -0.2) is 4.79 Å². The quantitative estimate of drug-likeness (QED) is 0.683. The molecule has 1 aromatic heterocycles. The number of carbonyl (C=O) groups excluding carboxylic acids is 1. The second-order valence-corrected chi connectivity index (χ2v) is 4.36. The number of rotatable bonds is 4. The first-order valence-corrected chi connectivity index (χ1v) is 6.12. The predicted octanol–water partition coefficient (Wildman–Crippen LogP) is 2.34. The van der Waals surface area contributed by atoms with Crippen LogP contribution in [-0.2, 0) is 11.3 Å². The van der Waals surface area contributed by atoms with E-state index < -0.39 is 5.97 Å². The monoisotopic (exact) mass is 272 g/mol. The molecule has 0 aliphatic rings. The van der Waals surface area contributed by atoms with Crippen LogP contribution in [0.1, 0.15) is 21.6 Å². The van der Waals surface area contributed by atoms with E-state index in [1.54, 1.807) is 12.1 Å². The SMILES string of the molecule is COC(=O)c1ccc(COc2ccc(C)cc2N)nc1. The van der Waals surface area contributed by atoms with Crippen molar-refractivity contribution in [3.8, 4) is 5.75 Å². The zero-order chi connectivity index (χ0) is 14.5. The average molecular weight is 272 g/mol. The van der Waals surface area contributed by atoms with Gasteiger partial charge in [0.15, 0.2) is 0 Å². The molecule has 0 bridgehead atoms. The Labute approximate surface area is 117 Å². The first-order chi connectivity index (χ1) is 9.60. The molecular formula is C15H16N2O3. The molecule has 0 radical (unpaired) electrons. The number of anilines is 1. The van der Waals surface area contributed by atoms with Crippen LogP contribution >= 0.6 is 0 Å². The maximum atomic E-state index is 11.3. The minimum Gasteiger partial charge on any atom is -0.485 e. The summed E-state index contributed by atoms with van der Waals surface area (Å²) in [6.07, 6.45) is 1.46. The average Bonchev–Trinajstić information content (AvgIpc) is 2.46. The van der Waals surface area contributed by atoms with E-state index in [1.165, 1.54) is 13.3 Å². The smallest absolute Gasteiger partial charge is 0.339 e. The number of esters is 1. The fraction of sp³-hybridized carbons (Fsp3) is 0.200. The van der Waals surface area contributed by atoms with E-state index >= 15 is 0 Å². The molecule has 104 valence electrons. The molecule has 0 saturated heterocycles. The number of nitrogen functional groups attached to an aromatic ring is 1. The molecule has 0 aliphatic heterocycles. The Kier molecular flexibility index (Phi) is 4.20. The molecule has 5 nitrogen and oxygen atoms in total. The molecule has 0 amide bonds. The fourth-order valence-electron chi connectivity index (χ4n) is 1.70. The van der Waals surface area contributed by atoms with Crippen molar-refractivity contribution in [3.05, 3.63) is 53.3 Å². The van der Waals surface area contributed by atoms with Gasteiger partial charge in [0.1, 0.15) is 12.4 Å². The van der Waals surface area contributed by atoms with Crippen LogP contribution in [0.15, 0.2) is 36.5 Å². The van der Waals surface area contributed by atoms with Gasteiger partial charge in [-0.05, 0) is 36.8 Å². The summed E-state index contributed by atoms with van der Waals surface area (Å²) in [5, 5.41) is 0. The number of benzene rings is 1. The van der Waals surface area contributed by atoms with E-state index in [0.717, 1.165) is 5.56 Å². The predicted molar refractivity (Wildman–Crippen MR) is 75.5 cm³/mol. The van der Waals surface area contributed by atoms with E-state index in [2.05, 4.69) is 9.72 Å². The van der Waals surface area contributed by atoms with Gasteiger partial charge in [0, 0.05) is 6.20 Å². The molecule has 2 aromatic rings. The topological polar surface area (TPSA) is 74.4 Å². The number of nitrogens with zero attached hydrogens (tertiary/aromatic N) is 1. The molecular weight excluding hydrogens is 256 g/mol. The van der Waals surface area contributed by atoms with Crippen LogP contribution in [0, 0.1) is 6.92 Å². The lowest BCUT2D eigenvalue weighted by molar-refractivity contribution is 0.0600. The van der Waals surface area contributed by atoms with Crippen molar-refractivity contribution < 1.29 is 14.3 Å². The van der Waals surface area contributed by atoms with Crippen molar-refractivity contribution in [1.29, 1.82) is 0 Å². The third-order valence-electron chi connectivity index (χ3n) is 2.79. The number of nitrogens with two attached hydrogens (primary N) is 1. The molecule has 2 N–H and O–H groups in total. The Bertz CT molecular complexity index is 609. The summed E-state index contributed by atoms with van der Waals surface area (Å²) < 4.78 is 10.2. The summed E-state index contributed by atoms with van der Waals surface area (Å²) in [6.45, 7) is 2.25. The Hall–Kier alpha value is -2.56. The highest BCUT2D eigenvalue weighted by molar-refractivity contribution is 5.88. The van der Waals surface area contributed by atoms with Crippen LogP contribution < -0.4 is 10.5 Å². The van der Waals surface area contributed by atoms with E-state index in [9.17, 15) is 4.79 Å². The van der Waals surface area contributed by atoms with Crippen LogP contribution in [-0.4, -0.2) is 18.1 Å². The Morgan fingerprint density at radius 1 is 1.30 bits per heavy atom. The maximum absolute atomic E-state index is 11.3. The zero-order valence-corrected chi connectivity index (χ0v) is 11.4. The van der Waals surface area contributed by atoms with Gasteiger partial charge in [-0.3, -0.25) is 4.98 Å². The molecule has 0 unspecified atom stereocenters. The van der Waals surface area contributed by atoms with Crippen LogP contribution in [0.25, 0.3) is 0 Å². The van der Waals surface area contributed by atoms with Gasteiger partial charge in [-0.1, -0.05) is 6.07 Å². The van der Waals surface area contributed by atoms with Crippen molar-refractivity contribution in [2.75, 3.05) is 12.8 Å². The Morgan fingerprint density at radius 2 is 2.10 bits per heavy atom. The highest BCUT2D eigenvalue weighted by Gasteiger charge is 2.06. The lowest BCUT2D eigenvalue weighted by Crippen LogP contribution is -2.04. The number of carbonyl (C=O) groups is 1. The lowest BCUT2D eigenvalue weighted by atomic mass is 10.2. The second kappa shape index (κ2) is 6.06. The van der Waals surface area contributed by atoms with Crippen LogP contribution in [0.2, 0.25) is 0 Å². The van der Waals surface area contributed by atoms with Crippen LogP contribution in [0.4, 0.5) is 5.69 Å². The summed E-state index contributed by atoms with van der Waals surface area (Å²) in [5.74, 6) is 0.210. The zero-order valence-electron chi connectivity index (χ0n) is 11.4. The van der Waals surface area contributed by atoms with Crippen molar-refractivity contribution in [1.82, 2.24) is 4.98 Å². The summed E-state index contributed by atoms with van der Waals surface area (Å²) >= 11 is 0. The number of aryl methyl sites for hydroxylation is 1. The maximum Gasteiger partial charge on any atom is 0.339 e. The first kappa shape index (κ1) is 13.9. The van der Waals surface area contributed by atoms with E-state index in [4.69, 9.17) is 10.5 Å². The van der Waals surface area contributed by atoms with Crippen molar-refractivity contribution >= 4 is 11.7 Å². The van der Waals surface area contributed by atoms with E-state index in [0.29, 0.717) is 22.7 Å². The number of pyridine rings is 1. The van der Waals surface area contributed by atoms with Crippen LogP contribution in [0.5, 0.6) is 5.75 Å². The number of methoxy groups -OCH3 is 1. The van der Waals surface area contributed by atoms with Gasteiger partial charge < -0.3 is 15.2 Å². The summed E-state index contributed by atoms with van der Waals surface area (Å²) in [7, 11) is 1.33. The van der Waals surface area contributed by atoms with Gasteiger partial charge >= 0.3 is 5.97 Å². The first-order valence-electron chi connectivity index (χ1n) is 6.12. The van der Waals surface area contributed by atoms with Crippen molar-refractivity contribution in [2.24, 2.45) is 0 Å². The van der Waals surface area contributed by atoms with Gasteiger partial charge in [0.25, 0.3) is 0 Å². The van der Waals surface area contributed by atoms with Gasteiger partial charge in [-0.2, -0.15) is 0 Å². The van der Waals surface area contributed by atoms with Gasteiger partial charge in [0.05, 0.1) is 24.1 Å². The molecule has 0 aliphatic carbocycles. The summed E-state index contributed by atoms with van der Waals surface area (Å²) in [6, 6.07) is 8.97. The third-order valence-corrected chi connectivity index (χ3v) is 2.79. The number of hydrogen-bond donors (Lipinski definition) is 1. The van der Waals surface area contributed by atoms with Gasteiger partial charge in [0.2, 0.25) is 0 Å². The van der Waals surface area contributed by atoms with E-state index in [1.807, 2.05) is 25.1 Å². The number of aromatic nitrogens is 1. The van der Waals surface area contributed by atoms with Crippen LogP contribution in [0.3, 0.4) is 0 Å². The van der Waals surface area contributed by atoms with Crippen molar-refractivity contribution in [3.63, 3.8) is 0 Å². The summed E-state index contributed by atoms with van der Waals surface area (Å²) in [5.41, 5.74) is 8.65. The molecule has 1 aromatic carbocycles. The molecule has 0 fully saturated rings. The molecule has 0 atom stereocenters. The molecule has 1 heterocycles. The third kappa shape index (κ3) is 3.26. The molecule has 0 saturated carbocycles. The minimum absolute atomic E-state index is 0.286. The fourth-order valence-corrected chi connectivity index (χ4v) is 1.70. The van der Waals surface area contributed by atoms with E-state index in [-0.39, 0.29) is 6.61 Å². The number of hydrogen-bond acceptors (Lipinski definition) is 5. The molecule has 5 heteroatoms. The Morgan fingerprint density at radius 3 is 2.70 bits per heavy atom.